The first kappa shape index (κ1) is 16.9. The molecule has 1 rings (SSSR count). The summed E-state index contributed by atoms with van der Waals surface area (Å²) in [6, 6.07) is 0.479. The Morgan fingerprint density at radius 3 is 2.85 bits per heavy atom. The molecule has 20 heavy (non-hydrogen) atoms. The van der Waals surface area contributed by atoms with Crippen LogP contribution in [0.15, 0.2) is 11.0 Å². The molecule has 0 saturated heterocycles. The lowest BCUT2D eigenvalue weighted by atomic mass is 10.3. The molecular weight excluding hydrogens is 280 g/mol. The summed E-state index contributed by atoms with van der Waals surface area (Å²) in [4.78, 5) is 14.2. The van der Waals surface area contributed by atoms with Crippen LogP contribution in [0.2, 0.25) is 5.02 Å². The van der Waals surface area contributed by atoms with Gasteiger partial charge in [-0.05, 0) is 20.9 Å². The van der Waals surface area contributed by atoms with Crippen LogP contribution in [0.3, 0.4) is 0 Å². The van der Waals surface area contributed by atoms with E-state index in [-0.39, 0.29) is 10.6 Å². The predicted octanol–water partition coefficient (Wildman–Crippen LogP) is 1.30. The average molecular weight is 303 g/mol. The quantitative estimate of drug-likeness (QED) is 0.784. The van der Waals surface area contributed by atoms with Gasteiger partial charge in [-0.2, -0.15) is 5.10 Å². The van der Waals surface area contributed by atoms with Crippen LogP contribution < -0.4 is 10.9 Å². The maximum atomic E-state index is 12.0. The highest BCUT2D eigenvalue weighted by Gasteiger charge is 2.09. The van der Waals surface area contributed by atoms with Crippen molar-refractivity contribution < 1.29 is 4.74 Å². The normalized spacial score (nSPS) is 11.3. The van der Waals surface area contributed by atoms with Crippen molar-refractivity contribution in [1.29, 1.82) is 0 Å². The van der Waals surface area contributed by atoms with E-state index in [4.69, 9.17) is 16.3 Å². The number of hydrogen-bond acceptors (Lipinski definition) is 5. The maximum Gasteiger partial charge on any atom is 0.287 e. The van der Waals surface area contributed by atoms with Gasteiger partial charge in [0.15, 0.2) is 0 Å². The molecule has 1 aromatic rings. The van der Waals surface area contributed by atoms with Crippen LogP contribution in [0.25, 0.3) is 0 Å². The van der Waals surface area contributed by atoms with Crippen molar-refractivity contribution in [3.63, 3.8) is 0 Å². The maximum absolute atomic E-state index is 12.0. The number of aromatic nitrogens is 2. The van der Waals surface area contributed by atoms with Crippen LogP contribution in [0.5, 0.6) is 0 Å². The van der Waals surface area contributed by atoms with Crippen LogP contribution in [0.1, 0.15) is 13.8 Å². The zero-order chi connectivity index (χ0) is 15.1. The van der Waals surface area contributed by atoms with E-state index >= 15 is 0 Å². The first-order chi connectivity index (χ1) is 9.47. The molecule has 7 heteroatoms. The van der Waals surface area contributed by atoms with E-state index in [1.54, 1.807) is 13.3 Å². The smallest absolute Gasteiger partial charge is 0.287 e. The summed E-state index contributed by atoms with van der Waals surface area (Å²) < 4.78 is 6.22. The van der Waals surface area contributed by atoms with Gasteiger partial charge >= 0.3 is 0 Å². The number of nitrogens with zero attached hydrogens (tertiary/aromatic N) is 3. The van der Waals surface area contributed by atoms with E-state index in [0.717, 1.165) is 6.54 Å². The Morgan fingerprint density at radius 2 is 2.25 bits per heavy atom. The molecule has 6 nitrogen and oxygen atoms in total. The van der Waals surface area contributed by atoms with Crippen molar-refractivity contribution in [1.82, 2.24) is 14.7 Å². The molecule has 1 N–H and O–H groups in total. The number of ether oxygens (including phenoxy) is 1. The van der Waals surface area contributed by atoms with E-state index in [1.165, 1.54) is 4.68 Å². The number of rotatable bonds is 8. The second-order valence-corrected chi connectivity index (χ2v) is 5.27. The lowest BCUT2D eigenvalue weighted by Crippen LogP contribution is -2.32. The standard InChI is InChI=1S/C13H23ClN4O2/c1-10(2)17(3)6-5-15-11-9-16-18(7-8-20-4)13(19)12(11)14/h9-10,15H,5-8H2,1-4H3. The molecule has 0 unspecified atom stereocenters. The van der Waals surface area contributed by atoms with Crippen molar-refractivity contribution in [3.05, 3.63) is 21.6 Å². The molecule has 114 valence electrons. The fourth-order valence-electron chi connectivity index (χ4n) is 1.55. The Bertz CT molecular complexity index is 476. The van der Waals surface area contributed by atoms with Crippen LogP contribution in [-0.4, -0.2) is 54.6 Å². The SMILES string of the molecule is COCCn1ncc(NCCN(C)C(C)C)c(Cl)c1=O. The monoisotopic (exact) mass is 302 g/mol. The van der Waals surface area contributed by atoms with Crippen molar-refractivity contribution in [3.8, 4) is 0 Å². The molecular formula is C13H23ClN4O2. The van der Waals surface area contributed by atoms with Crippen molar-refractivity contribution in [2.24, 2.45) is 0 Å². The minimum absolute atomic E-state index is 0.170. The number of nitrogens with one attached hydrogen (secondary N) is 1. The van der Waals surface area contributed by atoms with Gasteiger partial charge in [0.1, 0.15) is 5.02 Å². The molecule has 0 aliphatic carbocycles. The van der Waals surface area contributed by atoms with Crippen molar-refractivity contribution >= 4 is 17.3 Å². The van der Waals surface area contributed by atoms with E-state index in [1.807, 2.05) is 0 Å². The number of anilines is 1. The van der Waals surface area contributed by atoms with Gasteiger partial charge in [0.05, 0.1) is 25.0 Å². The second-order valence-electron chi connectivity index (χ2n) is 4.89. The third kappa shape index (κ3) is 4.77. The molecule has 1 heterocycles. The van der Waals surface area contributed by atoms with Crippen LogP contribution in [0.4, 0.5) is 5.69 Å². The minimum atomic E-state index is -0.300. The highest BCUT2D eigenvalue weighted by atomic mass is 35.5. The van der Waals surface area contributed by atoms with Gasteiger partial charge in [-0.1, -0.05) is 11.6 Å². The molecule has 0 fully saturated rings. The zero-order valence-electron chi connectivity index (χ0n) is 12.5. The molecule has 1 aromatic heterocycles. The van der Waals surface area contributed by atoms with Gasteiger partial charge in [-0.25, -0.2) is 4.68 Å². The number of halogens is 1. The van der Waals surface area contributed by atoms with E-state index in [9.17, 15) is 4.79 Å². The average Bonchev–Trinajstić information content (AvgIpc) is 2.42. The molecule has 0 atom stereocenters. The molecule has 0 amide bonds. The fourth-order valence-corrected chi connectivity index (χ4v) is 1.76. The first-order valence-corrected chi connectivity index (χ1v) is 7.03. The third-order valence-electron chi connectivity index (χ3n) is 3.15. The van der Waals surface area contributed by atoms with E-state index in [2.05, 4.69) is 36.2 Å². The molecule has 0 radical (unpaired) electrons. The highest BCUT2D eigenvalue weighted by molar-refractivity contribution is 6.32. The number of methoxy groups -OCH3 is 1. The van der Waals surface area contributed by atoms with Crippen LogP contribution >= 0.6 is 11.6 Å². The van der Waals surface area contributed by atoms with Gasteiger partial charge in [0.2, 0.25) is 0 Å². The summed E-state index contributed by atoms with van der Waals surface area (Å²) >= 11 is 6.06. The Kier molecular flexibility index (Phi) is 6.98. The van der Waals surface area contributed by atoms with Gasteiger partial charge in [-0.15, -0.1) is 0 Å². The summed E-state index contributed by atoms with van der Waals surface area (Å²) in [6.07, 6.45) is 1.58. The fraction of sp³-hybridized carbons (Fsp3) is 0.692. The van der Waals surface area contributed by atoms with Crippen LogP contribution in [-0.2, 0) is 11.3 Å². The van der Waals surface area contributed by atoms with E-state index < -0.39 is 0 Å². The lowest BCUT2D eigenvalue weighted by Gasteiger charge is -2.21. The Morgan fingerprint density at radius 1 is 1.55 bits per heavy atom. The summed E-state index contributed by atoms with van der Waals surface area (Å²) in [5.74, 6) is 0. The van der Waals surface area contributed by atoms with Crippen molar-refractivity contribution in [2.75, 3.05) is 39.2 Å². The highest BCUT2D eigenvalue weighted by Crippen LogP contribution is 2.14. The molecule has 0 aromatic carbocycles. The zero-order valence-corrected chi connectivity index (χ0v) is 13.3. The molecule has 0 aliphatic heterocycles. The van der Waals surface area contributed by atoms with Gasteiger partial charge in [0.25, 0.3) is 5.56 Å². The summed E-state index contributed by atoms with van der Waals surface area (Å²) in [6.45, 7) is 6.65. The second kappa shape index (κ2) is 8.24. The number of likely N-dealkylation sites (N-methyl/N-ethyl adjacent to an activating group) is 1. The van der Waals surface area contributed by atoms with Gasteiger partial charge in [-0.3, -0.25) is 4.79 Å². The van der Waals surface area contributed by atoms with Crippen molar-refractivity contribution in [2.45, 2.75) is 26.4 Å². The Labute approximate surface area is 124 Å². The molecule has 0 bridgehead atoms. The topological polar surface area (TPSA) is 59.4 Å². The Balaban J connectivity index is 2.64. The summed E-state index contributed by atoms with van der Waals surface area (Å²) in [5.41, 5.74) is 0.272. The Hall–Kier alpha value is -1.11. The van der Waals surface area contributed by atoms with Crippen LogP contribution in [0, 0.1) is 0 Å². The lowest BCUT2D eigenvalue weighted by molar-refractivity contribution is 0.182. The van der Waals surface area contributed by atoms with Gasteiger partial charge in [0, 0.05) is 26.2 Å². The third-order valence-corrected chi connectivity index (χ3v) is 3.52. The van der Waals surface area contributed by atoms with E-state index in [0.29, 0.717) is 31.4 Å². The molecule has 0 aliphatic rings. The number of hydrogen-bond donors (Lipinski definition) is 1. The largest absolute Gasteiger partial charge is 0.383 e. The molecule has 0 spiro atoms. The minimum Gasteiger partial charge on any atom is -0.383 e. The van der Waals surface area contributed by atoms with Gasteiger partial charge < -0.3 is 15.0 Å². The molecule has 0 saturated carbocycles. The summed E-state index contributed by atoms with van der Waals surface area (Å²) in [7, 11) is 3.63. The first-order valence-electron chi connectivity index (χ1n) is 6.66. The summed E-state index contributed by atoms with van der Waals surface area (Å²) in [5, 5.41) is 7.38. The predicted molar refractivity (Wildman–Crippen MR) is 81.6 cm³/mol.